The first kappa shape index (κ1) is 29.8. The number of anilines is 1. The minimum Gasteiger partial charge on any atom is -0.497 e. The third kappa shape index (κ3) is 6.41. The maximum absolute atomic E-state index is 13.9. The number of amides is 1. The number of fused-ring (bicyclic) bond motifs is 1. The normalized spacial score (nSPS) is 14.0. The summed E-state index contributed by atoms with van der Waals surface area (Å²) < 4.78 is 76.2. The van der Waals surface area contributed by atoms with Crippen molar-refractivity contribution in [1.29, 1.82) is 0 Å². The summed E-state index contributed by atoms with van der Waals surface area (Å²) in [4.78, 5) is 16.8. The smallest absolute Gasteiger partial charge is 0.435 e. The number of alkyl halides is 3. The van der Waals surface area contributed by atoms with Gasteiger partial charge in [-0.3, -0.25) is 4.79 Å². The molecule has 0 radical (unpaired) electrons. The molecule has 0 saturated carbocycles. The molecule has 3 aromatic carbocycles. The van der Waals surface area contributed by atoms with Crippen molar-refractivity contribution in [2.24, 2.45) is 4.40 Å². The monoisotopic (exact) mass is 611 g/mol. The van der Waals surface area contributed by atoms with Crippen LogP contribution in [0.4, 0.5) is 18.9 Å². The van der Waals surface area contributed by atoms with E-state index in [2.05, 4.69) is 9.50 Å². The van der Waals surface area contributed by atoms with Gasteiger partial charge in [0.15, 0.2) is 5.69 Å². The van der Waals surface area contributed by atoms with Crippen LogP contribution in [0.3, 0.4) is 0 Å². The number of aromatic nitrogens is 2. The average Bonchev–Trinajstić information content (AvgIpc) is 3.38. The van der Waals surface area contributed by atoms with E-state index in [1.54, 1.807) is 48.3 Å². The number of benzene rings is 3. The molecule has 0 spiro atoms. The maximum Gasteiger partial charge on any atom is 0.435 e. The van der Waals surface area contributed by atoms with Gasteiger partial charge >= 0.3 is 6.18 Å². The van der Waals surface area contributed by atoms with Crippen molar-refractivity contribution in [2.45, 2.75) is 19.1 Å². The molecule has 0 saturated heterocycles. The number of hydrogen-bond acceptors (Lipinski definition) is 5. The van der Waals surface area contributed by atoms with E-state index >= 15 is 0 Å². The van der Waals surface area contributed by atoms with E-state index in [1.807, 2.05) is 30.3 Å². The molecule has 0 atom stereocenters. The summed E-state index contributed by atoms with van der Waals surface area (Å²) in [5.74, 6) is 0.0682. The predicted octanol–water partition coefficient (Wildman–Crippen LogP) is 4.94. The number of halogens is 3. The van der Waals surface area contributed by atoms with Crippen molar-refractivity contribution in [2.75, 3.05) is 31.9 Å². The Kier molecular flexibility index (Phi) is 8.02. The molecule has 2 heterocycles. The van der Waals surface area contributed by atoms with Crippen LogP contribution >= 0.6 is 0 Å². The molecule has 0 N–H and O–H groups in total. The van der Waals surface area contributed by atoms with Crippen LogP contribution in [0.5, 0.6) is 5.75 Å². The van der Waals surface area contributed by atoms with Crippen LogP contribution in [0.2, 0.25) is 0 Å². The summed E-state index contributed by atoms with van der Waals surface area (Å²) in [5.41, 5.74) is 0.719. The Morgan fingerprint density at radius 1 is 1.00 bits per heavy atom. The quantitative estimate of drug-likeness (QED) is 0.217. The Morgan fingerprint density at radius 2 is 1.63 bits per heavy atom. The zero-order valence-corrected chi connectivity index (χ0v) is 24.4. The molecule has 224 valence electrons. The van der Waals surface area contributed by atoms with Gasteiger partial charge in [-0.15, -0.1) is 4.40 Å². The van der Waals surface area contributed by atoms with E-state index in [1.165, 1.54) is 24.1 Å². The van der Waals surface area contributed by atoms with Gasteiger partial charge in [-0.1, -0.05) is 30.3 Å². The van der Waals surface area contributed by atoms with Crippen molar-refractivity contribution in [3.63, 3.8) is 0 Å². The van der Waals surface area contributed by atoms with E-state index in [-0.39, 0.29) is 35.7 Å². The van der Waals surface area contributed by atoms with Crippen LogP contribution in [-0.4, -0.2) is 61.8 Å². The molecule has 0 bridgehead atoms. The SMILES string of the molecule is COc1ccc(-n2nc(C(F)(F)F)c3c2C(=O)N(c2ccc(C(=NS(C)(=O)=O)N(C)Cc4ccccc4)cc2)CC3)cc1. The summed E-state index contributed by atoms with van der Waals surface area (Å²) in [5, 5.41) is 3.82. The predicted molar refractivity (Wildman–Crippen MR) is 156 cm³/mol. The fourth-order valence-corrected chi connectivity index (χ4v) is 5.53. The lowest BCUT2D eigenvalue weighted by molar-refractivity contribution is -0.141. The van der Waals surface area contributed by atoms with Crippen molar-refractivity contribution in [3.05, 3.63) is 107 Å². The number of nitrogens with zero attached hydrogens (tertiary/aromatic N) is 5. The second-order valence-electron chi connectivity index (χ2n) is 10.0. The van der Waals surface area contributed by atoms with Crippen LogP contribution < -0.4 is 9.64 Å². The highest BCUT2D eigenvalue weighted by atomic mass is 32.2. The zero-order valence-electron chi connectivity index (χ0n) is 23.5. The Bertz CT molecular complexity index is 1770. The van der Waals surface area contributed by atoms with Crippen LogP contribution in [0.1, 0.15) is 32.9 Å². The van der Waals surface area contributed by atoms with E-state index in [0.29, 0.717) is 23.5 Å². The number of ether oxygens (including phenoxy) is 1. The molecule has 1 amide bonds. The van der Waals surface area contributed by atoms with Crippen molar-refractivity contribution < 1.29 is 31.1 Å². The van der Waals surface area contributed by atoms with E-state index in [0.717, 1.165) is 16.5 Å². The Hall–Kier alpha value is -4.65. The van der Waals surface area contributed by atoms with Gasteiger partial charge in [0.05, 0.1) is 19.1 Å². The van der Waals surface area contributed by atoms with Gasteiger partial charge in [-0.05, 0) is 60.5 Å². The molecule has 9 nitrogen and oxygen atoms in total. The number of rotatable bonds is 7. The first-order chi connectivity index (χ1) is 20.4. The lowest BCUT2D eigenvalue weighted by atomic mass is 10.0. The summed E-state index contributed by atoms with van der Waals surface area (Å²) in [6.07, 6.45) is -3.80. The lowest BCUT2D eigenvalue weighted by Gasteiger charge is -2.28. The molecule has 1 aliphatic rings. The Labute approximate surface area is 246 Å². The Balaban J connectivity index is 1.49. The number of methoxy groups -OCH3 is 1. The Morgan fingerprint density at radius 3 is 2.21 bits per heavy atom. The standard InChI is InChI=1S/C30H28F3N5O4S/c1-36(19-20-7-5-4-6-8-20)28(35-43(3,40)41)21-9-11-22(12-10-21)37-18-17-25-26(29(37)39)38(34-27(25)30(31,32)33)23-13-15-24(42-2)16-14-23/h4-16H,17-19H2,1-3H3. The molecule has 0 fully saturated rings. The van der Waals surface area contributed by atoms with Crippen molar-refractivity contribution in [1.82, 2.24) is 14.7 Å². The second kappa shape index (κ2) is 11.6. The molecule has 0 unspecified atom stereocenters. The zero-order chi connectivity index (χ0) is 30.9. The third-order valence-corrected chi connectivity index (χ3v) is 7.42. The van der Waals surface area contributed by atoms with Gasteiger partial charge in [0.2, 0.25) is 0 Å². The van der Waals surface area contributed by atoms with Gasteiger partial charge in [-0.25, -0.2) is 13.1 Å². The lowest BCUT2D eigenvalue weighted by Crippen LogP contribution is -2.39. The number of amidine groups is 1. The highest BCUT2D eigenvalue weighted by Gasteiger charge is 2.43. The number of carbonyl (C=O) groups excluding carboxylic acids is 1. The molecular formula is C30H28F3N5O4S. The molecule has 1 aromatic heterocycles. The summed E-state index contributed by atoms with van der Waals surface area (Å²) in [6, 6.07) is 22.2. The van der Waals surface area contributed by atoms with Gasteiger partial charge < -0.3 is 14.5 Å². The van der Waals surface area contributed by atoms with Gasteiger partial charge in [0, 0.05) is 37.0 Å². The van der Waals surface area contributed by atoms with Gasteiger partial charge in [0.1, 0.15) is 17.3 Å². The van der Waals surface area contributed by atoms with Crippen LogP contribution in [0.15, 0.2) is 83.3 Å². The first-order valence-electron chi connectivity index (χ1n) is 13.2. The van der Waals surface area contributed by atoms with E-state index < -0.39 is 27.8 Å². The molecule has 13 heteroatoms. The molecule has 5 rings (SSSR count). The average molecular weight is 612 g/mol. The van der Waals surface area contributed by atoms with Crippen molar-refractivity contribution >= 4 is 27.5 Å². The summed E-state index contributed by atoms with van der Waals surface area (Å²) in [6.45, 7) is 0.391. The van der Waals surface area contributed by atoms with Crippen LogP contribution in [-0.2, 0) is 29.2 Å². The molecule has 1 aliphatic heterocycles. The first-order valence-corrected chi connectivity index (χ1v) is 15.0. The van der Waals surface area contributed by atoms with Crippen molar-refractivity contribution in [3.8, 4) is 11.4 Å². The molecular weight excluding hydrogens is 583 g/mol. The van der Waals surface area contributed by atoms with E-state index in [4.69, 9.17) is 4.74 Å². The number of carbonyl (C=O) groups is 1. The summed E-state index contributed by atoms with van der Waals surface area (Å²) in [7, 11) is -0.565. The minimum absolute atomic E-state index is 0.000755. The summed E-state index contributed by atoms with van der Waals surface area (Å²) >= 11 is 0. The topological polar surface area (TPSA) is 97.1 Å². The molecule has 4 aromatic rings. The van der Waals surface area contributed by atoms with Crippen LogP contribution in [0, 0.1) is 0 Å². The number of hydrogen-bond donors (Lipinski definition) is 0. The van der Waals surface area contributed by atoms with E-state index in [9.17, 15) is 26.4 Å². The fraction of sp³-hybridized carbons (Fsp3) is 0.233. The van der Waals surface area contributed by atoms with Crippen LogP contribution in [0.25, 0.3) is 5.69 Å². The highest BCUT2D eigenvalue weighted by molar-refractivity contribution is 7.89. The second-order valence-corrected chi connectivity index (χ2v) is 11.7. The highest BCUT2D eigenvalue weighted by Crippen LogP contribution is 2.37. The third-order valence-electron chi connectivity index (χ3n) is 6.92. The minimum atomic E-state index is -4.74. The van der Waals surface area contributed by atoms with Gasteiger partial charge in [0.25, 0.3) is 15.9 Å². The largest absolute Gasteiger partial charge is 0.497 e. The maximum atomic E-state index is 13.9. The molecule has 0 aliphatic carbocycles. The van der Waals surface area contributed by atoms with Gasteiger partial charge in [-0.2, -0.15) is 18.3 Å². The fourth-order valence-electron chi connectivity index (χ4n) is 4.97. The molecule has 43 heavy (non-hydrogen) atoms. The number of sulfonamides is 1.